The first-order valence-electron chi connectivity index (χ1n) is 5.29. The van der Waals surface area contributed by atoms with Crippen molar-refractivity contribution in [1.82, 2.24) is 0 Å². The molecule has 2 atom stereocenters. The molecule has 3 rings (SSSR count). The van der Waals surface area contributed by atoms with Crippen molar-refractivity contribution in [1.29, 1.82) is 5.41 Å². The van der Waals surface area contributed by atoms with Crippen molar-refractivity contribution in [3.63, 3.8) is 0 Å². The summed E-state index contributed by atoms with van der Waals surface area (Å²) >= 11 is 6.00. The molecule has 0 saturated carbocycles. The lowest BCUT2D eigenvalue weighted by molar-refractivity contribution is 0.685. The second-order valence-corrected chi connectivity index (χ2v) is 4.76. The maximum Gasteiger partial charge on any atom is 0.0408 e. The predicted molar refractivity (Wildman–Crippen MR) is 62.9 cm³/mol. The van der Waals surface area contributed by atoms with Gasteiger partial charge in [0, 0.05) is 22.6 Å². The van der Waals surface area contributed by atoms with Gasteiger partial charge in [-0.3, -0.25) is 0 Å². The standard InChI is InChI=1S/C13H12ClN/c14-10-4-5-11-9(7-10)6-8-2-1-3-12(11)13(8)15/h1-2,4-5,7-8,12,15H,3,6H2/t8-,12+/m0/s1. The van der Waals surface area contributed by atoms with Crippen molar-refractivity contribution >= 4 is 17.3 Å². The molecule has 2 bridgehead atoms. The van der Waals surface area contributed by atoms with Gasteiger partial charge in [-0.15, -0.1) is 0 Å². The Morgan fingerprint density at radius 2 is 2.20 bits per heavy atom. The van der Waals surface area contributed by atoms with Crippen LogP contribution in [0.3, 0.4) is 0 Å². The summed E-state index contributed by atoms with van der Waals surface area (Å²) in [6.07, 6.45) is 6.30. The Bertz CT molecular complexity index is 462. The first-order valence-corrected chi connectivity index (χ1v) is 5.67. The molecule has 0 spiro atoms. The van der Waals surface area contributed by atoms with E-state index in [0.29, 0.717) is 11.8 Å². The van der Waals surface area contributed by atoms with E-state index in [0.717, 1.165) is 23.6 Å². The van der Waals surface area contributed by atoms with Crippen molar-refractivity contribution in [2.45, 2.75) is 18.8 Å². The zero-order valence-corrected chi connectivity index (χ0v) is 9.09. The quantitative estimate of drug-likeness (QED) is 0.643. The van der Waals surface area contributed by atoms with Crippen LogP contribution in [0.25, 0.3) is 0 Å². The molecule has 2 heteroatoms. The molecule has 0 heterocycles. The molecule has 1 nitrogen and oxygen atoms in total. The van der Waals surface area contributed by atoms with E-state index in [1.165, 1.54) is 11.1 Å². The minimum absolute atomic E-state index is 0.306. The molecule has 0 unspecified atom stereocenters. The lowest BCUT2D eigenvalue weighted by atomic mass is 9.71. The molecule has 2 aliphatic carbocycles. The van der Waals surface area contributed by atoms with Crippen LogP contribution in [0.2, 0.25) is 5.02 Å². The maximum atomic E-state index is 8.10. The molecule has 0 radical (unpaired) electrons. The number of fused-ring (bicyclic) bond motifs is 4. The average molecular weight is 218 g/mol. The van der Waals surface area contributed by atoms with Crippen LogP contribution < -0.4 is 0 Å². The van der Waals surface area contributed by atoms with Gasteiger partial charge in [0.25, 0.3) is 0 Å². The normalized spacial score (nSPS) is 27.7. The number of hydrogen-bond acceptors (Lipinski definition) is 1. The van der Waals surface area contributed by atoms with E-state index in [4.69, 9.17) is 17.0 Å². The second-order valence-electron chi connectivity index (χ2n) is 4.33. The maximum absolute atomic E-state index is 8.10. The van der Waals surface area contributed by atoms with E-state index in [1.807, 2.05) is 6.07 Å². The van der Waals surface area contributed by atoms with Gasteiger partial charge in [-0.05, 0) is 36.1 Å². The zero-order chi connectivity index (χ0) is 10.4. The largest absolute Gasteiger partial charge is 0.308 e. The van der Waals surface area contributed by atoms with Crippen molar-refractivity contribution < 1.29 is 0 Å². The van der Waals surface area contributed by atoms with Crippen LogP contribution in [0.1, 0.15) is 23.5 Å². The van der Waals surface area contributed by atoms with Crippen molar-refractivity contribution in [2.75, 3.05) is 0 Å². The average Bonchev–Trinajstić information content (AvgIpc) is 2.19. The molecule has 1 aromatic rings. The SMILES string of the molecule is N=C1[C@H]2C=CC[C@@H]1c1ccc(Cl)cc1C2. The highest BCUT2D eigenvalue weighted by atomic mass is 35.5. The second kappa shape index (κ2) is 3.21. The number of hydrogen-bond donors (Lipinski definition) is 1. The third kappa shape index (κ3) is 1.34. The number of halogens is 1. The van der Waals surface area contributed by atoms with Gasteiger partial charge < -0.3 is 5.41 Å². The van der Waals surface area contributed by atoms with Crippen LogP contribution in [0, 0.1) is 11.3 Å². The molecular weight excluding hydrogens is 206 g/mol. The molecule has 1 N–H and O–H groups in total. The molecule has 0 aliphatic heterocycles. The molecule has 0 aromatic heterocycles. The summed E-state index contributed by atoms with van der Waals surface area (Å²) in [7, 11) is 0. The van der Waals surface area contributed by atoms with Gasteiger partial charge in [0.05, 0.1) is 0 Å². The molecule has 0 amide bonds. The van der Waals surface area contributed by atoms with Crippen LogP contribution in [-0.4, -0.2) is 5.71 Å². The number of nitrogens with one attached hydrogen (secondary N) is 1. The van der Waals surface area contributed by atoms with E-state index >= 15 is 0 Å². The van der Waals surface area contributed by atoms with Crippen molar-refractivity contribution in [2.24, 2.45) is 5.92 Å². The fraction of sp³-hybridized carbons (Fsp3) is 0.308. The fourth-order valence-electron chi connectivity index (χ4n) is 2.67. The molecular formula is C13H12ClN. The van der Waals surface area contributed by atoms with E-state index in [9.17, 15) is 0 Å². The first kappa shape index (κ1) is 9.17. The summed E-state index contributed by atoms with van der Waals surface area (Å²) in [6.45, 7) is 0. The minimum atomic E-state index is 0.306. The smallest absolute Gasteiger partial charge is 0.0408 e. The Hall–Kier alpha value is -1.08. The summed E-state index contributed by atoms with van der Waals surface area (Å²) in [5.41, 5.74) is 3.52. The lowest BCUT2D eigenvalue weighted by Gasteiger charge is -2.33. The Morgan fingerprint density at radius 1 is 1.33 bits per heavy atom. The molecule has 1 aromatic carbocycles. The summed E-state index contributed by atoms with van der Waals surface area (Å²) in [4.78, 5) is 0. The molecule has 15 heavy (non-hydrogen) atoms. The molecule has 2 aliphatic rings. The van der Waals surface area contributed by atoms with Crippen LogP contribution in [0.4, 0.5) is 0 Å². The van der Waals surface area contributed by atoms with E-state index < -0.39 is 0 Å². The Kier molecular flexibility index (Phi) is 1.96. The minimum Gasteiger partial charge on any atom is -0.308 e. The third-order valence-corrected chi connectivity index (χ3v) is 3.67. The van der Waals surface area contributed by atoms with Gasteiger partial charge in [-0.1, -0.05) is 29.8 Å². The monoisotopic (exact) mass is 217 g/mol. The fourth-order valence-corrected chi connectivity index (χ4v) is 2.86. The van der Waals surface area contributed by atoms with Crippen LogP contribution >= 0.6 is 11.6 Å². The van der Waals surface area contributed by atoms with Crippen LogP contribution in [0.15, 0.2) is 30.4 Å². The van der Waals surface area contributed by atoms with E-state index in [-0.39, 0.29) is 0 Å². The number of benzene rings is 1. The van der Waals surface area contributed by atoms with Gasteiger partial charge in [-0.25, -0.2) is 0 Å². The Labute approximate surface area is 94.3 Å². The number of rotatable bonds is 0. The van der Waals surface area contributed by atoms with Gasteiger partial charge in [0.2, 0.25) is 0 Å². The molecule has 0 saturated heterocycles. The van der Waals surface area contributed by atoms with Crippen LogP contribution in [-0.2, 0) is 6.42 Å². The van der Waals surface area contributed by atoms with E-state index in [2.05, 4.69) is 24.3 Å². The third-order valence-electron chi connectivity index (χ3n) is 3.44. The highest BCUT2D eigenvalue weighted by Crippen LogP contribution is 2.39. The highest BCUT2D eigenvalue weighted by molar-refractivity contribution is 6.30. The lowest BCUT2D eigenvalue weighted by Crippen LogP contribution is -2.30. The molecule has 76 valence electrons. The van der Waals surface area contributed by atoms with Gasteiger partial charge >= 0.3 is 0 Å². The summed E-state index contributed by atoms with van der Waals surface area (Å²) in [5, 5.41) is 8.91. The summed E-state index contributed by atoms with van der Waals surface area (Å²) < 4.78 is 0. The highest BCUT2D eigenvalue weighted by Gasteiger charge is 2.32. The van der Waals surface area contributed by atoms with Gasteiger partial charge in [0.1, 0.15) is 0 Å². The topological polar surface area (TPSA) is 23.9 Å². The van der Waals surface area contributed by atoms with Crippen LogP contribution in [0.5, 0.6) is 0 Å². The Morgan fingerprint density at radius 3 is 3.07 bits per heavy atom. The Balaban J connectivity index is 2.16. The van der Waals surface area contributed by atoms with Gasteiger partial charge in [-0.2, -0.15) is 0 Å². The van der Waals surface area contributed by atoms with E-state index in [1.54, 1.807) is 0 Å². The first-order chi connectivity index (χ1) is 7.25. The summed E-state index contributed by atoms with van der Waals surface area (Å²) in [6, 6.07) is 6.08. The van der Waals surface area contributed by atoms with Gasteiger partial charge in [0.15, 0.2) is 0 Å². The summed E-state index contributed by atoms with van der Waals surface area (Å²) in [5.74, 6) is 0.621. The predicted octanol–water partition coefficient (Wildman–Crippen LogP) is 3.58. The number of allylic oxidation sites excluding steroid dienone is 2. The zero-order valence-electron chi connectivity index (χ0n) is 8.33. The van der Waals surface area contributed by atoms with Crippen molar-refractivity contribution in [3.8, 4) is 0 Å². The molecule has 0 fully saturated rings. The van der Waals surface area contributed by atoms with Crippen molar-refractivity contribution in [3.05, 3.63) is 46.5 Å².